The fourth-order valence-electron chi connectivity index (χ4n) is 3.64. The van der Waals surface area contributed by atoms with Gasteiger partial charge in [-0.1, -0.05) is 47.3 Å². The number of piperidine rings is 1. The standard InChI is InChI=1S/C17H20BrNO2/c18-14-6-4-13(5-7-14)12-19-15(20)10-17(11-16(19)21)8-2-1-3-9-17/h4-7H,1-3,8-12H2. The number of halogens is 1. The van der Waals surface area contributed by atoms with Gasteiger partial charge >= 0.3 is 0 Å². The van der Waals surface area contributed by atoms with Gasteiger partial charge in [0.25, 0.3) is 0 Å². The van der Waals surface area contributed by atoms with E-state index in [1.807, 2.05) is 24.3 Å². The van der Waals surface area contributed by atoms with Gasteiger partial charge in [-0.15, -0.1) is 0 Å². The first kappa shape index (κ1) is 14.8. The Morgan fingerprint density at radius 2 is 1.52 bits per heavy atom. The number of hydrogen-bond donors (Lipinski definition) is 0. The van der Waals surface area contributed by atoms with Crippen molar-refractivity contribution in [2.24, 2.45) is 5.41 Å². The molecule has 1 saturated carbocycles. The highest BCUT2D eigenvalue weighted by Gasteiger charge is 2.43. The van der Waals surface area contributed by atoms with Crippen LogP contribution in [0.25, 0.3) is 0 Å². The summed E-state index contributed by atoms with van der Waals surface area (Å²) in [6, 6.07) is 7.79. The van der Waals surface area contributed by atoms with Crippen molar-refractivity contribution < 1.29 is 9.59 Å². The Morgan fingerprint density at radius 1 is 0.952 bits per heavy atom. The van der Waals surface area contributed by atoms with Crippen molar-refractivity contribution in [2.75, 3.05) is 0 Å². The Bertz CT molecular complexity index is 526. The summed E-state index contributed by atoms with van der Waals surface area (Å²) in [4.78, 5) is 26.3. The normalized spacial score (nSPS) is 21.9. The second-order valence-electron chi connectivity index (χ2n) is 6.41. The monoisotopic (exact) mass is 349 g/mol. The van der Waals surface area contributed by atoms with Crippen LogP contribution in [0.3, 0.4) is 0 Å². The maximum atomic E-state index is 12.4. The summed E-state index contributed by atoms with van der Waals surface area (Å²) in [5, 5.41) is 0. The minimum Gasteiger partial charge on any atom is -0.278 e. The summed E-state index contributed by atoms with van der Waals surface area (Å²) in [5.74, 6) is 0.0205. The van der Waals surface area contributed by atoms with Crippen molar-refractivity contribution in [1.82, 2.24) is 4.90 Å². The number of hydrogen-bond acceptors (Lipinski definition) is 2. The second kappa shape index (κ2) is 5.91. The molecule has 1 saturated heterocycles. The van der Waals surface area contributed by atoms with Gasteiger partial charge in [0, 0.05) is 17.3 Å². The van der Waals surface area contributed by atoms with Crippen LogP contribution in [0, 0.1) is 5.41 Å². The first-order valence-electron chi connectivity index (χ1n) is 7.66. The lowest BCUT2D eigenvalue weighted by Gasteiger charge is -2.42. The van der Waals surface area contributed by atoms with Crippen LogP contribution in [0.2, 0.25) is 0 Å². The number of nitrogens with zero attached hydrogens (tertiary/aromatic N) is 1. The number of amides is 2. The lowest BCUT2D eigenvalue weighted by molar-refractivity contribution is -0.155. The predicted octanol–water partition coefficient (Wildman–Crippen LogP) is 4.05. The lowest BCUT2D eigenvalue weighted by Crippen LogP contribution is -2.48. The number of carbonyl (C=O) groups is 2. The molecule has 0 unspecified atom stereocenters. The summed E-state index contributed by atoms with van der Waals surface area (Å²) < 4.78 is 1.00. The van der Waals surface area contributed by atoms with E-state index < -0.39 is 0 Å². The van der Waals surface area contributed by atoms with E-state index in [9.17, 15) is 9.59 Å². The molecule has 2 aliphatic rings. The molecule has 1 aromatic carbocycles. The zero-order valence-electron chi connectivity index (χ0n) is 12.1. The summed E-state index contributed by atoms with van der Waals surface area (Å²) in [7, 11) is 0. The number of carbonyl (C=O) groups excluding carboxylic acids is 2. The van der Waals surface area contributed by atoms with Gasteiger partial charge in [-0.3, -0.25) is 14.5 Å². The molecule has 0 N–H and O–H groups in total. The number of rotatable bonds is 2. The Hall–Kier alpha value is -1.16. The third kappa shape index (κ3) is 3.20. The molecule has 1 spiro atoms. The van der Waals surface area contributed by atoms with E-state index in [2.05, 4.69) is 15.9 Å². The van der Waals surface area contributed by atoms with Crippen LogP contribution in [-0.2, 0) is 16.1 Å². The maximum Gasteiger partial charge on any atom is 0.230 e. The van der Waals surface area contributed by atoms with Gasteiger partial charge in [0.2, 0.25) is 11.8 Å². The van der Waals surface area contributed by atoms with E-state index >= 15 is 0 Å². The van der Waals surface area contributed by atoms with Crippen LogP contribution < -0.4 is 0 Å². The molecule has 3 rings (SSSR count). The van der Waals surface area contributed by atoms with Crippen molar-refractivity contribution in [3.8, 4) is 0 Å². The van der Waals surface area contributed by atoms with Crippen molar-refractivity contribution in [3.63, 3.8) is 0 Å². The molecule has 2 fully saturated rings. The second-order valence-corrected chi connectivity index (χ2v) is 7.33. The minimum atomic E-state index is -0.0252. The van der Waals surface area contributed by atoms with Crippen LogP contribution in [0.4, 0.5) is 0 Å². The third-order valence-electron chi connectivity index (χ3n) is 4.82. The Kier molecular flexibility index (Phi) is 4.16. The van der Waals surface area contributed by atoms with Gasteiger partial charge in [0.05, 0.1) is 6.54 Å². The summed E-state index contributed by atoms with van der Waals surface area (Å²) in [6.07, 6.45) is 6.74. The Morgan fingerprint density at radius 3 is 2.10 bits per heavy atom. The van der Waals surface area contributed by atoms with Gasteiger partial charge in [-0.05, 0) is 36.0 Å². The summed E-state index contributed by atoms with van der Waals surface area (Å²) >= 11 is 3.39. The fourth-order valence-corrected chi connectivity index (χ4v) is 3.90. The predicted molar refractivity (Wildman–Crippen MR) is 84.5 cm³/mol. The molecule has 4 heteroatoms. The van der Waals surface area contributed by atoms with Crippen molar-refractivity contribution in [1.29, 1.82) is 0 Å². The van der Waals surface area contributed by atoms with Gasteiger partial charge in [-0.2, -0.15) is 0 Å². The van der Waals surface area contributed by atoms with E-state index in [0.717, 1.165) is 35.7 Å². The highest BCUT2D eigenvalue weighted by atomic mass is 79.9. The first-order chi connectivity index (χ1) is 10.1. The number of imide groups is 1. The van der Waals surface area contributed by atoms with Crippen molar-refractivity contribution >= 4 is 27.7 Å². The van der Waals surface area contributed by atoms with E-state index in [1.165, 1.54) is 11.3 Å². The number of benzene rings is 1. The first-order valence-corrected chi connectivity index (χ1v) is 8.45. The molecule has 0 atom stereocenters. The van der Waals surface area contributed by atoms with E-state index in [-0.39, 0.29) is 17.2 Å². The molecule has 21 heavy (non-hydrogen) atoms. The average molecular weight is 350 g/mol. The maximum absolute atomic E-state index is 12.4. The molecule has 2 amide bonds. The highest BCUT2D eigenvalue weighted by Crippen LogP contribution is 2.45. The molecular formula is C17H20BrNO2. The summed E-state index contributed by atoms with van der Waals surface area (Å²) in [6.45, 7) is 0.404. The molecule has 0 aromatic heterocycles. The number of likely N-dealkylation sites (tertiary alicyclic amines) is 1. The largest absolute Gasteiger partial charge is 0.278 e. The van der Waals surface area contributed by atoms with Crippen LogP contribution in [0.1, 0.15) is 50.5 Å². The van der Waals surface area contributed by atoms with Gasteiger partial charge in [0.1, 0.15) is 0 Å². The zero-order valence-corrected chi connectivity index (χ0v) is 13.7. The van der Waals surface area contributed by atoms with Crippen LogP contribution in [0.5, 0.6) is 0 Å². The van der Waals surface area contributed by atoms with Crippen molar-refractivity contribution in [3.05, 3.63) is 34.3 Å². The fraction of sp³-hybridized carbons (Fsp3) is 0.529. The SMILES string of the molecule is O=C1CC2(CCCCC2)CC(=O)N1Cc1ccc(Br)cc1. The van der Waals surface area contributed by atoms with E-state index in [0.29, 0.717) is 19.4 Å². The summed E-state index contributed by atoms with van der Waals surface area (Å²) in [5.41, 5.74) is 0.974. The van der Waals surface area contributed by atoms with Crippen LogP contribution >= 0.6 is 15.9 Å². The molecule has 1 heterocycles. The van der Waals surface area contributed by atoms with Crippen molar-refractivity contribution in [2.45, 2.75) is 51.5 Å². The topological polar surface area (TPSA) is 37.4 Å². The van der Waals surface area contributed by atoms with Gasteiger partial charge < -0.3 is 0 Å². The molecule has 112 valence electrons. The molecule has 1 aliphatic heterocycles. The average Bonchev–Trinajstić information content (AvgIpc) is 2.46. The Balaban J connectivity index is 1.71. The molecule has 1 aliphatic carbocycles. The smallest absolute Gasteiger partial charge is 0.230 e. The van der Waals surface area contributed by atoms with Crippen LogP contribution in [0.15, 0.2) is 28.7 Å². The zero-order chi connectivity index (χ0) is 14.9. The van der Waals surface area contributed by atoms with Gasteiger partial charge in [-0.25, -0.2) is 0 Å². The quantitative estimate of drug-likeness (QED) is 0.755. The third-order valence-corrected chi connectivity index (χ3v) is 5.35. The minimum absolute atomic E-state index is 0.0102. The lowest BCUT2D eigenvalue weighted by atomic mass is 9.67. The molecule has 1 aromatic rings. The molecule has 0 bridgehead atoms. The van der Waals surface area contributed by atoms with E-state index in [4.69, 9.17) is 0 Å². The molecule has 3 nitrogen and oxygen atoms in total. The highest BCUT2D eigenvalue weighted by molar-refractivity contribution is 9.10. The van der Waals surface area contributed by atoms with Gasteiger partial charge in [0.15, 0.2) is 0 Å². The molecular weight excluding hydrogens is 330 g/mol. The molecule has 0 radical (unpaired) electrons. The van der Waals surface area contributed by atoms with E-state index in [1.54, 1.807) is 0 Å². The Labute approximate surface area is 133 Å². The van der Waals surface area contributed by atoms with Crippen LogP contribution in [-0.4, -0.2) is 16.7 Å².